The molecule has 0 atom stereocenters. The highest BCUT2D eigenvalue weighted by Crippen LogP contribution is 2.35. The number of ether oxygens (including phenoxy) is 1. The first kappa shape index (κ1) is 9.79. The van der Waals surface area contributed by atoms with Crippen LogP contribution in [-0.4, -0.2) is 17.3 Å². The average molecular weight is 226 g/mol. The number of methoxy groups -OCH3 is 1. The quantitative estimate of drug-likeness (QED) is 0.846. The summed E-state index contributed by atoms with van der Waals surface area (Å²) in [6.45, 7) is 0. The molecule has 5 nitrogen and oxygen atoms in total. The fraction of sp³-hybridized carbons (Fsp3) is 0.111. The van der Waals surface area contributed by atoms with E-state index >= 15 is 0 Å². The van der Waals surface area contributed by atoms with Gasteiger partial charge in [-0.2, -0.15) is 0 Å². The lowest BCUT2D eigenvalue weighted by Gasteiger charge is -2.04. The van der Waals surface area contributed by atoms with Gasteiger partial charge in [-0.05, 0) is 6.07 Å². The normalized spacial score (nSPS) is 10.3. The topological polar surface area (TPSA) is 74.2 Å². The van der Waals surface area contributed by atoms with Crippen molar-refractivity contribution in [2.75, 3.05) is 12.8 Å². The van der Waals surface area contributed by atoms with E-state index in [1.54, 1.807) is 18.3 Å². The van der Waals surface area contributed by atoms with Crippen LogP contribution in [0, 0.1) is 0 Å². The molecule has 0 bridgehead atoms. The van der Waals surface area contributed by atoms with E-state index in [-0.39, 0.29) is 5.82 Å². The van der Waals surface area contributed by atoms with Crippen LogP contribution in [0.15, 0.2) is 22.9 Å². The van der Waals surface area contributed by atoms with Gasteiger partial charge in [0.15, 0.2) is 11.6 Å². The Bertz CT molecular complexity index is 484. The maximum Gasteiger partial charge on any atom is 0.225 e. The second-order valence-corrected chi connectivity index (χ2v) is 3.20. The van der Waals surface area contributed by atoms with Gasteiger partial charge in [-0.3, -0.25) is 0 Å². The number of anilines is 1. The molecular weight excluding hydrogens is 218 g/mol. The molecular formula is C9H8ClN3O2. The number of aromatic nitrogens is 2. The van der Waals surface area contributed by atoms with Gasteiger partial charge in [-0.1, -0.05) is 16.8 Å². The van der Waals surface area contributed by atoms with Crippen LogP contribution in [0.5, 0.6) is 5.88 Å². The molecule has 6 heteroatoms. The Morgan fingerprint density at radius 3 is 2.93 bits per heavy atom. The minimum Gasteiger partial charge on any atom is -0.480 e. The number of halogens is 1. The van der Waals surface area contributed by atoms with Gasteiger partial charge in [0.05, 0.1) is 12.1 Å². The van der Waals surface area contributed by atoms with Crippen LogP contribution < -0.4 is 10.5 Å². The van der Waals surface area contributed by atoms with E-state index < -0.39 is 0 Å². The van der Waals surface area contributed by atoms with Gasteiger partial charge in [-0.25, -0.2) is 4.98 Å². The lowest BCUT2D eigenvalue weighted by molar-refractivity contribution is 0.393. The summed E-state index contributed by atoms with van der Waals surface area (Å²) in [5.74, 6) is 1.09. The van der Waals surface area contributed by atoms with Crippen molar-refractivity contribution in [2.24, 2.45) is 0 Å². The maximum absolute atomic E-state index is 6.00. The fourth-order valence-electron chi connectivity index (χ4n) is 1.21. The Kier molecular flexibility index (Phi) is 2.47. The minimum atomic E-state index is 0.284. The zero-order valence-electron chi connectivity index (χ0n) is 7.90. The van der Waals surface area contributed by atoms with Crippen LogP contribution in [0.4, 0.5) is 5.82 Å². The summed E-state index contributed by atoms with van der Waals surface area (Å²) in [6, 6.07) is 3.20. The number of pyridine rings is 1. The van der Waals surface area contributed by atoms with Gasteiger partial charge in [-0.15, -0.1) is 0 Å². The number of nitrogens with two attached hydrogens (primary N) is 1. The van der Waals surface area contributed by atoms with Crippen molar-refractivity contribution >= 4 is 17.4 Å². The minimum absolute atomic E-state index is 0.284. The molecule has 2 N–H and O–H groups in total. The Morgan fingerprint density at radius 2 is 2.33 bits per heavy atom. The molecule has 0 aliphatic heterocycles. The van der Waals surface area contributed by atoms with Crippen molar-refractivity contribution in [1.29, 1.82) is 0 Å². The standard InChI is InChI=1S/C9H8ClN3O2/c1-14-9-8(5(10)2-3-12-9)6-4-7(11)13-15-6/h2-4H,1H3,(H2,11,13). The zero-order chi connectivity index (χ0) is 10.8. The zero-order valence-corrected chi connectivity index (χ0v) is 8.65. The number of rotatable bonds is 2. The van der Waals surface area contributed by atoms with Crippen molar-refractivity contribution in [3.05, 3.63) is 23.4 Å². The molecule has 0 spiro atoms. The van der Waals surface area contributed by atoms with Gasteiger partial charge in [0.1, 0.15) is 5.56 Å². The largest absolute Gasteiger partial charge is 0.480 e. The maximum atomic E-state index is 6.00. The van der Waals surface area contributed by atoms with Crippen LogP contribution >= 0.6 is 11.6 Å². The van der Waals surface area contributed by atoms with Crippen molar-refractivity contribution in [3.63, 3.8) is 0 Å². The number of hydrogen-bond donors (Lipinski definition) is 1. The molecule has 0 aliphatic carbocycles. The molecule has 0 radical (unpaired) electrons. The van der Waals surface area contributed by atoms with Crippen LogP contribution in [0.2, 0.25) is 5.02 Å². The number of nitrogen functional groups attached to an aromatic ring is 1. The summed E-state index contributed by atoms with van der Waals surface area (Å²) < 4.78 is 10.1. The Hall–Kier alpha value is -1.75. The van der Waals surface area contributed by atoms with Crippen molar-refractivity contribution in [3.8, 4) is 17.2 Å². The Morgan fingerprint density at radius 1 is 1.53 bits per heavy atom. The van der Waals surface area contributed by atoms with Crippen LogP contribution in [-0.2, 0) is 0 Å². The van der Waals surface area contributed by atoms with Crippen molar-refractivity contribution in [2.45, 2.75) is 0 Å². The summed E-state index contributed by atoms with van der Waals surface area (Å²) in [5.41, 5.74) is 6.00. The third-order valence-electron chi connectivity index (χ3n) is 1.83. The first-order chi connectivity index (χ1) is 7.22. The fourth-order valence-corrected chi connectivity index (χ4v) is 1.44. The Balaban J connectivity index is 2.60. The SMILES string of the molecule is COc1nccc(Cl)c1-c1cc(N)no1. The molecule has 2 aromatic rings. The first-order valence-corrected chi connectivity index (χ1v) is 4.51. The summed E-state index contributed by atoms with van der Waals surface area (Å²) >= 11 is 6.00. The second-order valence-electron chi connectivity index (χ2n) is 2.79. The number of nitrogens with zero attached hydrogens (tertiary/aromatic N) is 2. The predicted octanol–water partition coefficient (Wildman–Crippen LogP) is 1.98. The highest BCUT2D eigenvalue weighted by atomic mass is 35.5. The van der Waals surface area contributed by atoms with E-state index in [9.17, 15) is 0 Å². The Labute approximate surface area is 90.8 Å². The molecule has 15 heavy (non-hydrogen) atoms. The molecule has 78 valence electrons. The van der Waals surface area contributed by atoms with E-state index in [4.69, 9.17) is 26.6 Å². The summed E-state index contributed by atoms with van der Waals surface area (Å²) in [4.78, 5) is 4.01. The van der Waals surface area contributed by atoms with Gasteiger partial charge in [0.2, 0.25) is 5.88 Å². The molecule has 0 aliphatic rings. The summed E-state index contributed by atoms with van der Waals surface area (Å²) in [5, 5.41) is 4.04. The van der Waals surface area contributed by atoms with E-state index in [0.29, 0.717) is 22.2 Å². The molecule has 0 amide bonds. The molecule has 0 aromatic carbocycles. The van der Waals surface area contributed by atoms with Crippen LogP contribution in [0.1, 0.15) is 0 Å². The van der Waals surface area contributed by atoms with E-state index in [0.717, 1.165) is 0 Å². The van der Waals surface area contributed by atoms with E-state index in [2.05, 4.69) is 10.1 Å². The smallest absolute Gasteiger partial charge is 0.225 e. The van der Waals surface area contributed by atoms with Crippen LogP contribution in [0.3, 0.4) is 0 Å². The third-order valence-corrected chi connectivity index (χ3v) is 2.15. The molecule has 0 unspecified atom stereocenters. The number of hydrogen-bond acceptors (Lipinski definition) is 5. The van der Waals surface area contributed by atoms with E-state index in [1.165, 1.54) is 7.11 Å². The van der Waals surface area contributed by atoms with Crippen molar-refractivity contribution in [1.82, 2.24) is 10.1 Å². The van der Waals surface area contributed by atoms with Crippen LogP contribution in [0.25, 0.3) is 11.3 Å². The van der Waals surface area contributed by atoms with Gasteiger partial charge in [0.25, 0.3) is 0 Å². The predicted molar refractivity (Wildman–Crippen MR) is 55.7 cm³/mol. The van der Waals surface area contributed by atoms with Gasteiger partial charge < -0.3 is 15.0 Å². The van der Waals surface area contributed by atoms with Gasteiger partial charge in [0, 0.05) is 12.3 Å². The lowest BCUT2D eigenvalue weighted by Crippen LogP contribution is -1.91. The third kappa shape index (κ3) is 1.73. The molecule has 2 rings (SSSR count). The van der Waals surface area contributed by atoms with Gasteiger partial charge >= 0.3 is 0 Å². The molecule has 2 aromatic heterocycles. The lowest BCUT2D eigenvalue weighted by atomic mass is 10.2. The average Bonchev–Trinajstić information content (AvgIpc) is 2.64. The van der Waals surface area contributed by atoms with E-state index in [1.807, 2.05) is 0 Å². The highest BCUT2D eigenvalue weighted by Gasteiger charge is 2.15. The molecule has 2 heterocycles. The summed E-state index contributed by atoms with van der Waals surface area (Å²) in [6.07, 6.45) is 1.55. The monoisotopic (exact) mass is 225 g/mol. The van der Waals surface area contributed by atoms with Crippen molar-refractivity contribution < 1.29 is 9.26 Å². The molecule has 0 fully saturated rings. The first-order valence-electron chi connectivity index (χ1n) is 4.13. The highest BCUT2D eigenvalue weighted by molar-refractivity contribution is 6.33. The molecule has 0 saturated heterocycles. The summed E-state index contributed by atoms with van der Waals surface area (Å²) in [7, 11) is 1.50. The molecule has 0 saturated carbocycles. The second kappa shape index (κ2) is 3.78.